The number of piperazine rings is 1. The Kier molecular flexibility index (Phi) is 6.04. The molecule has 2 heterocycles. The lowest BCUT2D eigenvalue weighted by Gasteiger charge is -2.33. The van der Waals surface area contributed by atoms with Crippen LogP contribution in [0.4, 0.5) is 0 Å². The third-order valence-corrected chi connectivity index (χ3v) is 5.53. The van der Waals surface area contributed by atoms with Crippen molar-refractivity contribution in [3.05, 3.63) is 41.4 Å². The molecule has 0 radical (unpaired) electrons. The molecule has 0 aliphatic carbocycles. The van der Waals surface area contributed by atoms with E-state index in [1.165, 1.54) is 0 Å². The SMILES string of the molecule is CC1CN(C(=O)C(C)SCc2ncc(-c3ccc(Cl)cc3)o2)CCN1. The van der Waals surface area contributed by atoms with Crippen molar-refractivity contribution in [2.75, 3.05) is 19.6 Å². The molecule has 1 aromatic carbocycles. The van der Waals surface area contributed by atoms with Crippen molar-refractivity contribution in [1.82, 2.24) is 15.2 Å². The van der Waals surface area contributed by atoms with E-state index in [2.05, 4.69) is 17.2 Å². The van der Waals surface area contributed by atoms with Gasteiger partial charge in [0.25, 0.3) is 0 Å². The zero-order valence-electron chi connectivity index (χ0n) is 14.4. The number of carbonyl (C=O) groups excluding carboxylic acids is 1. The summed E-state index contributed by atoms with van der Waals surface area (Å²) in [6.07, 6.45) is 1.71. The zero-order valence-corrected chi connectivity index (χ0v) is 15.9. The molecule has 0 spiro atoms. The summed E-state index contributed by atoms with van der Waals surface area (Å²) in [7, 11) is 0. The Balaban J connectivity index is 1.54. The monoisotopic (exact) mass is 379 g/mol. The Morgan fingerprint density at radius 3 is 2.96 bits per heavy atom. The summed E-state index contributed by atoms with van der Waals surface area (Å²) in [5.74, 6) is 2.09. The zero-order chi connectivity index (χ0) is 17.8. The highest BCUT2D eigenvalue weighted by atomic mass is 35.5. The van der Waals surface area contributed by atoms with Crippen molar-refractivity contribution >= 4 is 29.3 Å². The molecular formula is C18H22ClN3O2S. The fraction of sp³-hybridized carbons (Fsp3) is 0.444. The van der Waals surface area contributed by atoms with Crippen molar-refractivity contribution in [2.24, 2.45) is 0 Å². The number of hydrogen-bond donors (Lipinski definition) is 1. The standard InChI is InChI=1S/C18H22ClN3O2S/c1-12-10-22(8-7-20-12)18(23)13(2)25-11-17-21-9-16(24-17)14-3-5-15(19)6-4-14/h3-6,9,12-13,20H,7-8,10-11H2,1-2H3. The van der Waals surface area contributed by atoms with Crippen molar-refractivity contribution < 1.29 is 9.21 Å². The van der Waals surface area contributed by atoms with Gasteiger partial charge in [0.05, 0.1) is 17.2 Å². The molecule has 3 rings (SSSR count). The average Bonchev–Trinajstić information content (AvgIpc) is 3.08. The molecule has 1 aliphatic rings. The van der Waals surface area contributed by atoms with Crippen molar-refractivity contribution in [2.45, 2.75) is 30.9 Å². The van der Waals surface area contributed by atoms with Crippen LogP contribution in [0.25, 0.3) is 11.3 Å². The summed E-state index contributed by atoms with van der Waals surface area (Å²) >= 11 is 7.46. The van der Waals surface area contributed by atoms with Gasteiger partial charge in [0, 0.05) is 36.3 Å². The maximum Gasteiger partial charge on any atom is 0.235 e. The van der Waals surface area contributed by atoms with E-state index in [4.69, 9.17) is 16.0 Å². The average molecular weight is 380 g/mol. The molecule has 1 saturated heterocycles. The van der Waals surface area contributed by atoms with Crippen LogP contribution in [0, 0.1) is 0 Å². The number of amides is 1. The summed E-state index contributed by atoms with van der Waals surface area (Å²) in [6.45, 7) is 6.44. The Morgan fingerprint density at radius 2 is 2.24 bits per heavy atom. The molecule has 25 heavy (non-hydrogen) atoms. The molecule has 1 aromatic heterocycles. The third kappa shape index (κ3) is 4.77. The van der Waals surface area contributed by atoms with Crippen LogP contribution in [0.3, 0.4) is 0 Å². The molecule has 1 amide bonds. The Morgan fingerprint density at radius 1 is 1.48 bits per heavy atom. The first-order chi connectivity index (χ1) is 12.0. The third-order valence-electron chi connectivity index (χ3n) is 4.17. The number of aromatic nitrogens is 1. The van der Waals surface area contributed by atoms with Gasteiger partial charge in [0.2, 0.25) is 11.8 Å². The molecular weight excluding hydrogens is 358 g/mol. The van der Waals surface area contributed by atoms with E-state index in [1.807, 2.05) is 36.1 Å². The van der Waals surface area contributed by atoms with Crippen LogP contribution >= 0.6 is 23.4 Å². The van der Waals surface area contributed by atoms with Crippen LogP contribution in [0.2, 0.25) is 5.02 Å². The molecule has 2 unspecified atom stereocenters. The maximum atomic E-state index is 12.5. The minimum Gasteiger partial charge on any atom is -0.440 e. The van der Waals surface area contributed by atoms with E-state index >= 15 is 0 Å². The molecule has 0 saturated carbocycles. The lowest BCUT2D eigenvalue weighted by atomic mass is 10.2. The molecule has 1 N–H and O–H groups in total. The van der Waals surface area contributed by atoms with E-state index in [0.717, 1.165) is 25.2 Å². The van der Waals surface area contributed by atoms with E-state index in [9.17, 15) is 4.79 Å². The van der Waals surface area contributed by atoms with E-state index < -0.39 is 0 Å². The number of nitrogens with one attached hydrogen (secondary N) is 1. The van der Waals surface area contributed by atoms with Gasteiger partial charge < -0.3 is 14.6 Å². The summed E-state index contributed by atoms with van der Waals surface area (Å²) in [6, 6.07) is 7.80. The van der Waals surface area contributed by atoms with E-state index in [0.29, 0.717) is 28.5 Å². The summed E-state index contributed by atoms with van der Waals surface area (Å²) in [5.41, 5.74) is 0.937. The first-order valence-electron chi connectivity index (χ1n) is 8.37. The smallest absolute Gasteiger partial charge is 0.235 e. The van der Waals surface area contributed by atoms with Crippen LogP contribution in [0.15, 0.2) is 34.9 Å². The number of rotatable bonds is 5. The fourth-order valence-electron chi connectivity index (χ4n) is 2.78. The highest BCUT2D eigenvalue weighted by Gasteiger charge is 2.25. The second-order valence-electron chi connectivity index (χ2n) is 6.22. The number of hydrogen-bond acceptors (Lipinski definition) is 5. The number of halogens is 1. The molecule has 7 heteroatoms. The van der Waals surface area contributed by atoms with Crippen LogP contribution in [0.1, 0.15) is 19.7 Å². The molecule has 1 fully saturated rings. The normalized spacial score (nSPS) is 19.0. The van der Waals surface area contributed by atoms with Gasteiger partial charge in [-0.25, -0.2) is 4.98 Å². The minimum absolute atomic E-state index is 0.115. The maximum absolute atomic E-state index is 12.5. The van der Waals surface area contributed by atoms with Crippen molar-refractivity contribution in [1.29, 1.82) is 0 Å². The molecule has 134 valence electrons. The minimum atomic E-state index is -0.115. The summed E-state index contributed by atoms with van der Waals surface area (Å²) in [5, 5.41) is 3.93. The van der Waals surface area contributed by atoms with E-state index in [1.54, 1.807) is 18.0 Å². The second-order valence-corrected chi connectivity index (χ2v) is 7.98. The highest BCUT2D eigenvalue weighted by Crippen LogP contribution is 2.25. The number of carbonyl (C=O) groups is 1. The lowest BCUT2D eigenvalue weighted by Crippen LogP contribution is -2.53. The van der Waals surface area contributed by atoms with Crippen molar-refractivity contribution in [3.8, 4) is 11.3 Å². The predicted molar refractivity (Wildman–Crippen MR) is 102 cm³/mol. The fourth-order valence-corrected chi connectivity index (χ4v) is 3.73. The van der Waals surface area contributed by atoms with Crippen LogP contribution in [-0.4, -0.2) is 46.7 Å². The second kappa shape index (κ2) is 8.25. The number of oxazole rings is 1. The van der Waals surface area contributed by atoms with Gasteiger partial charge in [0.1, 0.15) is 0 Å². The van der Waals surface area contributed by atoms with E-state index in [-0.39, 0.29) is 11.2 Å². The Bertz CT molecular complexity index is 719. The van der Waals surface area contributed by atoms with Crippen LogP contribution < -0.4 is 5.32 Å². The van der Waals surface area contributed by atoms with Gasteiger partial charge >= 0.3 is 0 Å². The van der Waals surface area contributed by atoms with Crippen LogP contribution in [-0.2, 0) is 10.5 Å². The Labute approximate surface area is 157 Å². The number of benzene rings is 1. The number of thioether (sulfide) groups is 1. The molecule has 2 aromatic rings. The molecule has 2 atom stereocenters. The van der Waals surface area contributed by atoms with Crippen molar-refractivity contribution in [3.63, 3.8) is 0 Å². The number of nitrogens with zero attached hydrogens (tertiary/aromatic N) is 2. The molecule has 1 aliphatic heterocycles. The molecule has 0 bridgehead atoms. The van der Waals surface area contributed by atoms with Gasteiger partial charge in [0.15, 0.2) is 5.76 Å². The van der Waals surface area contributed by atoms with Gasteiger partial charge in [-0.1, -0.05) is 11.6 Å². The highest BCUT2D eigenvalue weighted by molar-refractivity contribution is 7.99. The topological polar surface area (TPSA) is 58.4 Å². The van der Waals surface area contributed by atoms with Gasteiger partial charge in [-0.3, -0.25) is 4.79 Å². The quantitative estimate of drug-likeness (QED) is 0.862. The Hall–Kier alpha value is -1.50. The predicted octanol–water partition coefficient (Wildman–Crippen LogP) is 3.44. The van der Waals surface area contributed by atoms with Crippen LogP contribution in [0.5, 0.6) is 0 Å². The first kappa shape index (κ1) is 18.3. The summed E-state index contributed by atoms with van der Waals surface area (Å²) < 4.78 is 5.79. The lowest BCUT2D eigenvalue weighted by molar-refractivity contribution is -0.131. The van der Waals surface area contributed by atoms with Gasteiger partial charge in [-0.15, -0.1) is 11.8 Å². The molecule has 5 nitrogen and oxygen atoms in total. The van der Waals surface area contributed by atoms with Gasteiger partial charge in [-0.2, -0.15) is 0 Å². The van der Waals surface area contributed by atoms with Gasteiger partial charge in [-0.05, 0) is 38.1 Å². The summed E-state index contributed by atoms with van der Waals surface area (Å²) in [4.78, 5) is 18.8. The largest absolute Gasteiger partial charge is 0.440 e. The first-order valence-corrected chi connectivity index (χ1v) is 9.80.